The average Bonchev–Trinajstić information content (AvgIpc) is 3.00. The zero-order valence-electron chi connectivity index (χ0n) is 15.7. The molecule has 1 heterocycles. The summed E-state index contributed by atoms with van der Waals surface area (Å²) in [7, 11) is 4.30. The molecule has 0 aliphatic carbocycles. The van der Waals surface area contributed by atoms with Crippen LogP contribution in [-0.2, 0) is 14.3 Å². The van der Waals surface area contributed by atoms with Gasteiger partial charge in [0.1, 0.15) is 6.04 Å². The number of amides is 2. The van der Waals surface area contributed by atoms with Crippen LogP contribution in [0.5, 0.6) is 11.5 Å². The molecule has 1 N–H and O–H groups in total. The van der Waals surface area contributed by atoms with E-state index in [2.05, 4.69) is 10.1 Å². The molecule has 0 radical (unpaired) electrons. The maximum absolute atomic E-state index is 12.8. The van der Waals surface area contributed by atoms with E-state index in [1.165, 1.54) is 21.3 Å². The minimum absolute atomic E-state index is 0.0198. The lowest BCUT2D eigenvalue weighted by Gasteiger charge is -2.18. The number of esters is 1. The topological polar surface area (TPSA) is 94.2 Å². The van der Waals surface area contributed by atoms with E-state index in [1.54, 1.807) is 42.5 Å². The lowest BCUT2D eigenvalue weighted by molar-refractivity contribution is -0.121. The summed E-state index contributed by atoms with van der Waals surface area (Å²) in [5.41, 5.74) is 1.43. The lowest BCUT2D eigenvalue weighted by atomic mass is 10.2. The van der Waals surface area contributed by atoms with Crippen molar-refractivity contribution >= 4 is 29.2 Å². The van der Waals surface area contributed by atoms with E-state index in [1.807, 2.05) is 0 Å². The molecule has 0 unspecified atom stereocenters. The van der Waals surface area contributed by atoms with E-state index in [-0.39, 0.29) is 18.2 Å². The Morgan fingerprint density at radius 3 is 2.29 bits per heavy atom. The number of methoxy groups -OCH3 is 3. The fourth-order valence-corrected chi connectivity index (χ4v) is 3.00. The van der Waals surface area contributed by atoms with Crippen molar-refractivity contribution in [1.29, 1.82) is 0 Å². The molecule has 2 aromatic rings. The molecule has 146 valence electrons. The lowest BCUT2D eigenvalue weighted by Crippen LogP contribution is -2.34. The third kappa shape index (κ3) is 3.62. The highest BCUT2D eigenvalue weighted by Crippen LogP contribution is 2.34. The van der Waals surface area contributed by atoms with Crippen LogP contribution < -0.4 is 19.7 Å². The molecule has 2 aromatic carbocycles. The summed E-state index contributed by atoms with van der Waals surface area (Å²) in [6.45, 7) is 0. The Bertz CT molecular complexity index is 909. The molecular weight excluding hydrogens is 364 g/mol. The fraction of sp³-hybridized carbons (Fsp3) is 0.250. The van der Waals surface area contributed by atoms with Gasteiger partial charge in [0.05, 0.1) is 39.0 Å². The molecule has 0 spiro atoms. The second-order valence-electron chi connectivity index (χ2n) is 6.08. The molecule has 1 aliphatic heterocycles. The number of hydrogen-bond donors (Lipinski definition) is 1. The molecule has 3 rings (SSSR count). The van der Waals surface area contributed by atoms with Crippen molar-refractivity contribution in [3.8, 4) is 11.5 Å². The number of imide groups is 1. The molecule has 8 heteroatoms. The summed E-state index contributed by atoms with van der Waals surface area (Å²) in [5.74, 6) is -0.199. The first kappa shape index (κ1) is 19.2. The summed E-state index contributed by atoms with van der Waals surface area (Å²) in [4.78, 5) is 37.9. The summed E-state index contributed by atoms with van der Waals surface area (Å²) >= 11 is 0. The number of carbonyl (C=O) groups excluding carboxylic acids is 3. The van der Waals surface area contributed by atoms with Gasteiger partial charge in [-0.1, -0.05) is 0 Å². The van der Waals surface area contributed by atoms with E-state index in [4.69, 9.17) is 9.47 Å². The van der Waals surface area contributed by atoms with Crippen LogP contribution in [-0.4, -0.2) is 45.2 Å². The van der Waals surface area contributed by atoms with Crippen molar-refractivity contribution < 1.29 is 28.6 Å². The van der Waals surface area contributed by atoms with Gasteiger partial charge in [0, 0.05) is 11.8 Å². The summed E-state index contributed by atoms with van der Waals surface area (Å²) in [6, 6.07) is 10.6. The normalized spacial score (nSPS) is 16.1. The van der Waals surface area contributed by atoms with Gasteiger partial charge in [0.15, 0.2) is 11.5 Å². The highest BCUT2D eigenvalue weighted by molar-refractivity contribution is 6.23. The monoisotopic (exact) mass is 384 g/mol. The van der Waals surface area contributed by atoms with Gasteiger partial charge in [-0.25, -0.2) is 9.69 Å². The fourth-order valence-electron chi connectivity index (χ4n) is 3.00. The standard InChI is InChI=1S/C20H20N2O6/c1-26-16-9-8-14(10-17(16)27-2)22-18(23)11-15(19(22)24)21-13-6-4-12(5-7-13)20(25)28-3/h4-10,15,21H,11H2,1-3H3/t15-/m1/s1. The zero-order chi connectivity index (χ0) is 20.3. The van der Waals surface area contributed by atoms with Gasteiger partial charge in [-0.3, -0.25) is 9.59 Å². The Labute approximate surface area is 162 Å². The molecule has 2 amide bonds. The molecule has 8 nitrogen and oxygen atoms in total. The Kier molecular flexibility index (Phi) is 5.49. The minimum atomic E-state index is -0.704. The second kappa shape index (κ2) is 7.99. The predicted molar refractivity (Wildman–Crippen MR) is 102 cm³/mol. The average molecular weight is 384 g/mol. The minimum Gasteiger partial charge on any atom is -0.493 e. The number of hydrogen-bond acceptors (Lipinski definition) is 7. The van der Waals surface area contributed by atoms with Gasteiger partial charge in [-0.15, -0.1) is 0 Å². The number of ether oxygens (including phenoxy) is 3. The predicted octanol–water partition coefficient (Wildman–Crippen LogP) is 2.23. The van der Waals surface area contributed by atoms with Crippen molar-refractivity contribution in [3.63, 3.8) is 0 Å². The van der Waals surface area contributed by atoms with Gasteiger partial charge < -0.3 is 19.5 Å². The van der Waals surface area contributed by atoms with Crippen LogP contribution in [0.4, 0.5) is 11.4 Å². The SMILES string of the molecule is COC(=O)c1ccc(N[C@@H]2CC(=O)N(c3ccc(OC)c(OC)c3)C2=O)cc1. The number of carbonyl (C=O) groups is 3. The van der Waals surface area contributed by atoms with E-state index >= 15 is 0 Å². The maximum atomic E-state index is 12.8. The van der Waals surface area contributed by atoms with Crippen molar-refractivity contribution in [2.75, 3.05) is 31.5 Å². The Balaban J connectivity index is 1.77. The highest BCUT2D eigenvalue weighted by Gasteiger charge is 2.39. The van der Waals surface area contributed by atoms with Crippen LogP contribution in [0.1, 0.15) is 16.8 Å². The van der Waals surface area contributed by atoms with Crippen LogP contribution in [0.15, 0.2) is 42.5 Å². The highest BCUT2D eigenvalue weighted by atomic mass is 16.5. The molecular formula is C20H20N2O6. The molecule has 0 bridgehead atoms. The second-order valence-corrected chi connectivity index (χ2v) is 6.08. The van der Waals surface area contributed by atoms with Crippen LogP contribution in [0.3, 0.4) is 0 Å². The molecule has 1 aliphatic rings. The smallest absolute Gasteiger partial charge is 0.337 e. The summed E-state index contributed by atoms with van der Waals surface area (Å²) < 4.78 is 15.1. The van der Waals surface area contributed by atoms with E-state index in [9.17, 15) is 14.4 Å². The van der Waals surface area contributed by atoms with Gasteiger partial charge in [0.25, 0.3) is 5.91 Å². The van der Waals surface area contributed by atoms with E-state index < -0.39 is 12.0 Å². The van der Waals surface area contributed by atoms with Gasteiger partial charge >= 0.3 is 5.97 Å². The number of anilines is 2. The quantitative estimate of drug-likeness (QED) is 0.603. The third-order valence-corrected chi connectivity index (χ3v) is 4.42. The maximum Gasteiger partial charge on any atom is 0.337 e. The van der Waals surface area contributed by atoms with Crippen LogP contribution >= 0.6 is 0 Å². The van der Waals surface area contributed by atoms with Crippen LogP contribution in [0.2, 0.25) is 0 Å². The van der Waals surface area contributed by atoms with Crippen molar-refractivity contribution in [2.24, 2.45) is 0 Å². The molecule has 1 saturated heterocycles. The van der Waals surface area contributed by atoms with Gasteiger partial charge in [-0.2, -0.15) is 0 Å². The molecule has 1 fully saturated rings. The first-order valence-electron chi connectivity index (χ1n) is 8.52. The number of rotatable bonds is 6. The van der Waals surface area contributed by atoms with Crippen LogP contribution in [0.25, 0.3) is 0 Å². The Morgan fingerprint density at radius 1 is 1.00 bits per heavy atom. The Hall–Kier alpha value is -3.55. The summed E-state index contributed by atoms with van der Waals surface area (Å²) in [6.07, 6.45) is 0.0198. The van der Waals surface area contributed by atoms with E-state index in [0.29, 0.717) is 28.4 Å². The number of nitrogens with zero attached hydrogens (tertiary/aromatic N) is 1. The van der Waals surface area contributed by atoms with Crippen molar-refractivity contribution in [2.45, 2.75) is 12.5 Å². The Morgan fingerprint density at radius 2 is 1.68 bits per heavy atom. The number of benzene rings is 2. The molecule has 1 atom stereocenters. The first-order valence-corrected chi connectivity index (χ1v) is 8.52. The molecule has 0 aromatic heterocycles. The van der Waals surface area contributed by atoms with E-state index in [0.717, 1.165) is 4.90 Å². The molecule has 28 heavy (non-hydrogen) atoms. The number of nitrogens with one attached hydrogen (secondary N) is 1. The van der Waals surface area contributed by atoms with Gasteiger partial charge in [-0.05, 0) is 36.4 Å². The third-order valence-electron chi connectivity index (χ3n) is 4.42. The van der Waals surface area contributed by atoms with Crippen LogP contribution in [0, 0.1) is 0 Å². The largest absolute Gasteiger partial charge is 0.493 e. The molecule has 0 saturated carbocycles. The first-order chi connectivity index (χ1) is 13.5. The zero-order valence-corrected chi connectivity index (χ0v) is 15.7. The summed E-state index contributed by atoms with van der Waals surface area (Å²) in [5, 5.41) is 3.04. The van der Waals surface area contributed by atoms with Gasteiger partial charge in [0.2, 0.25) is 5.91 Å². The van der Waals surface area contributed by atoms with Crippen molar-refractivity contribution in [3.05, 3.63) is 48.0 Å². The van der Waals surface area contributed by atoms with Crippen molar-refractivity contribution in [1.82, 2.24) is 0 Å².